The fourth-order valence-electron chi connectivity index (χ4n) is 3.78. The Hall–Kier alpha value is -3.02. The van der Waals surface area contributed by atoms with Gasteiger partial charge >= 0.3 is 5.97 Å². The lowest BCUT2D eigenvalue weighted by molar-refractivity contribution is -0.146. The molecule has 0 N–H and O–H groups in total. The van der Waals surface area contributed by atoms with Gasteiger partial charge in [0.05, 0.1) is 19.1 Å². The number of carbonyl (C=O) groups is 2. The first-order valence-electron chi connectivity index (χ1n) is 8.98. The molecular weight excluding hydrogens is 346 g/mol. The van der Waals surface area contributed by atoms with Crippen molar-refractivity contribution < 1.29 is 23.8 Å². The maximum atomic E-state index is 12.7. The molecule has 0 saturated carbocycles. The Morgan fingerprint density at radius 2 is 1.85 bits per heavy atom. The van der Waals surface area contributed by atoms with Crippen molar-refractivity contribution in [3.8, 4) is 11.5 Å². The molecule has 2 aliphatic rings. The summed E-state index contributed by atoms with van der Waals surface area (Å²) in [5.41, 5.74) is 1.86. The van der Waals surface area contributed by atoms with Crippen LogP contribution in [0.25, 0.3) is 0 Å². The van der Waals surface area contributed by atoms with Crippen LogP contribution in [0.1, 0.15) is 23.6 Å². The van der Waals surface area contributed by atoms with Crippen molar-refractivity contribution in [2.75, 3.05) is 20.3 Å². The molecule has 2 heterocycles. The van der Waals surface area contributed by atoms with E-state index in [2.05, 4.69) is 0 Å². The maximum Gasteiger partial charge on any atom is 0.311 e. The number of amides is 1. The number of ether oxygens (including phenoxy) is 3. The molecule has 0 bridgehead atoms. The zero-order valence-corrected chi connectivity index (χ0v) is 15.1. The number of methoxy groups -OCH3 is 1. The molecule has 6 nitrogen and oxygen atoms in total. The van der Waals surface area contributed by atoms with Gasteiger partial charge in [0.2, 0.25) is 5.91 Å². The van der Waals surface area contributed by atoms with Crippen LogP contribution in [0.2, 0.25) is 0 Å². The molecule has 140 valence electrons. The highest BCUT2D eigenvalue weighted by molar-refractivity contribution is 5.88. The van der Waals surface area contributed by atoms with Crippen molar-refractivity contribution in [1.29, 1.82) is 0 Å². The van der Waals surface area contributed by atoms with Gasteiger partial charge in [-0.3, -0.25) is 9.59 Å². The first kappa shape index (κ1) is 17.4. The number of esters is 1. The third-order valence-electron chi connectivity index (χ3n) is 5.04. The Morgan fingerprint density at radius 1 is 1.11 bits per heavy atom. The second-order valence-corrected chi connectivity index (χ2v) is 6.69. The SMILES string of the molecule is COC(=O)C1CC(=O)N(Cc2ccccc2)C1c1ccc2c(c1)OCCO2. The fraction of sp³-hybridized carbons (Fsp3) is 0.333. The molecule has 1 saturated heterocycles. The van der Waals surface area contributed by atoms with Crippen LogP contribution >= 0.6 is 0 Å². The third kappa shape index (κ3) is 3.35. The number of likely N-dealkylation sites (tertiary alicyclic amines) is 1. The normalized spacial score (nSPS) is 21.2. The van der Waals surface area contributed by atoms with Crippen LogP contribution in [0.4, 0.5) is 0 Å². The van der Waals surface area contributed by atoms with Crippen LogP contribution < -0.4 is 9.47 Å². The molecule has 1 amide bonds. The van der Waals surface area contributed by atoms with Gasteiger partial charge in [-0.2, -0.15) is 0 Å². The number of benzene rings is 2. The van der Waals surface area contributed by atoms with Crippen LogP contribution in [0.5, 0.6) is 11.5 Å². The van der Waals surface area contributed by atoms with E-state index in [0.29, 0.717) is 31.3 Å². The van der Waals surface area contributed by atoms with Gasteiger partial charge in [0.25, 0.3) is 0 Å². The van der Waals surface area contributed by atoms with E-state index in [9.17, 15) is 9.59 Å². The van der Waals surface area contributed by atoms with E-state index in [0.717, 1.165) is 11.1 Å². The molecule has 0 aliphatic carbocycles. The Kier molecular flexibility index (Phi) is 4.71. The fourth-order valence-corrected chi connectivity index (χ4v) is 3.78. The van der Waals surface area contributed by atoms with Gasteiger partial charge in [-0.05, 0) is 23.3 Å². The zero-order valence-electron chi connectivity index (χ0n) is 15.1. The minimum absolute atomic E-state index is 0.0610. The second-order valence-electron chi connectivity index (χ2n) is 6.69. The molecular formula is C21H21NO5. The van der Waals surface area contributed by atoms with Gasteiger partial charge in [-0.25, -0.2) is 0 Å². The first-order valence-corrected chi connectivity index (χ1v) is 8.98. The van der Waals surface area contributed by atoms with Crippen LogP contribution in [-0.2, 0) is 20.9 Å². The summed E-state index contributed by atoms with van der Waals surface area (Å²) in [5, 5.41) is 0. The topological polar surface area (TPSA) is 65.1 Å². The number of nitrogens with zero attached hydrogens (tertiary/aromatic N) is 1. The second kappa shape index (κ2) is 7.31. The predicted molar refractivity (Wildman–Crippen MR) is 97.3 cm³/mol. The highest BCUT2D eigenvalue weighted by Crippen LogP contribution is 2.42. The van der Waals surface area contributed by atoms with E-state index in [-0.39, 0.29) is 18.3 Å². The van der Waals surface area contributed by atoms with Crippen molar-refractivity contribution in [1.82, 2.24) is 4.90 Å². The number of hydrogen-bond donors (Lipinski definition) is 0. The zero-order chi connectivity index (χ0) is 18.8. The number of carbonyl (C=O) groups excluding carboxylic acids is 2. The van der Waals surface area contributed by atoms with E-state index < -0.39 is 12.0 Å². The van der Waals surface area contributed by atoms with E-state index in [1.165, 1.54) is 7.11 Å². The minimum Gasteiger partial charge on any atom is -0.486 e. The molecule has 27 heavy (non-hydrogen) atoms. The van der Waals surface area contributed by atoms with Gasteiger partial charge in [0.15, 0.2) is 11.5 Å². The molecule has 0 aromatic heterocycles. The highest BCUT2D eigenvalue weighted by Gasteiger charge is 2.45. The van der Waals surface area contributed by atoms with Crippen molar-refractivity contribution in [3.63, 3.8) is 0 Å². The Morgan fingerprint density at radius 3 is 2.59 bits per heavy atom. The molecule has 6 heteroatoms. The van der Waals surface area contributed by atoms with Crippen LogP contribution in [0.3, 0.4) is 0 Å². The number of hydrogen-bond acceptors (Lipinski definition) is 5. The van der Waals surface area contributed by atoms with Gasteiger partial charge in [0.1, 0.15) is 13.2 Å². The molecule has 2 aromatic rings. The molecule has 2 unspecified atom stereocenters. The molecule has 4 rings (SSSR count). The lowest BCUT2D eigenvalue weighted by Gasteiger charge is -2.29. The lowest BCUT2D eigenvalue weighted by Crippen LogP contribution is -2.30. The summed E-state index contributed by atoms with van der Waals surface area (Å²) in [4.78, 5) is 26.9. The highest BCUT2D eigenvalue weighted by atomic mass is 16.6. The maximum absolute atomic E-state index is 12.7. The van der Waals surface area contributed by atoms with Crippen LogP contribution in [0.15, 0.2) is 48.5 Å². The molecule has 0 radical (unpaired) electrons. The number of fused-ring (bicyclic) bond motifs is 1. The van der Waals surface area contributed by atoms with Crippen LogP contribution in [0, 0.1) is 5.92 Å². The van der Waals surface area contributed by atoms with E-state index in [4.69, 9.17) is 14.2 Å². The summed E-state index contributed by atoms with van der Waals surface area (Å²) in [6, 6.07) is 14.9. The number of rotatable bonds is 4. The van der Waals surface area contributed by atoms with E-state index in [1.807, 2.05) is 48.5 Å². The van der Waals surface area contributed by atoms with Gasteiger partial charge in [-0.1, -0.05) is 36.4 Å². The molecule has 2 aromatic carbocycles. The first-order chi connectivity index (χ1) is 13.2. The van der Waals surface area contributed by atoms with Gasteiger partial charge < -0.3 is 19.1 Å². The third-order valence-corrected chi connectivity index (χ3v) is 5.04. The summed E-state index contributed by atoms with van der Waals surface area (Å²) in [7, 11) is 1.35. The van der Waals surface area contributed by atoms with Gasteiger partial charge in [0, 0.05) is 13.0 Å². The molecule has 2 atom stereocenters. The standard InChI is InChI=1S/C21H21NO5/c1-25-21(24)16-12-19(23)22(13-14-5-3-2-4-6-14)20(16)15-7-8-17-18(11-15)27-10-9-26-17/h2-8,11,16,20H,9-10,12-13H2,1H3. The van der Waals surface area contributed by atoms with Crippen molar-refractivity contribution in [2.24, 2.45) is 5.92 Å². The predicted octanol–water partition coefficient (Wildman–Crippen LogP) is 2.72. The average molecular weight is 367 g/mol. The van der Waals surface area contributed by atoms with E-state index >= 15 is 0 Å². The quantitative estimate of drug-likeness (QED) is 0.778. The largest absolute Gasteiger partial charge is 0.486 e. The summed E-state index contributed by atoms with van der Waals surface area (Å²) < 4.78 is 16.2. The lowest BCUT2D eigenvalue weighted by atomic mass is 9.93. The van der Waals surface area contributed by atoms with Crippen molar-refractivity contribution >= 4 is 11.9 Å². The van der Waals surface area contributed by atoms with Gasteiger partial charge in [-0.15, -0.1) is 0 Å². The summed E-state index contributed by atoms with van der Waals surface area (Å²) >= 11 is 0. The van der Waals surface area contributed by atoms with Crippen molar-refractivity contribution in [3.05, 3.63) is 59.7 Å². The average Bonchev–Trinajstić information content (AvgIpc) is 3.04. The summed E-state index contributed by atoms with van der Waals surface area (Å²) in [6.07, 6.45) is 0.138. The Bertz CT molecular complexity index is 851. The summed E-state index contributed by atoms with van der Waals surface area (Å²) in [6.45, 7) is 1.43. The molecule has 2 aliphatic heterocycles. The minimum atomic E-state index is -0.547. The molecule has 1 fully saturated rings. The van der Waals surface area contributed by atoms with Crippen molar-refractivity contribution in [2.45, 2.75) is 19.0 Å². The van der Waals surface area contributed by atoms with E-state index in [1.54, 1.807) is 4.90 Å². The monoisotopic (exact) mass is 367 g/mol. The molecule has 0 spiro atoms. The van der Waals surface area contributed by atoms with Crippen LogP contribution in [-0.4, -0.2) is 37.1 Å². The smallest absolute Gasteiger partial charge is 0.311 e. The Labute approximate surface area is 157 Å². The Balaban J connectivity index is 1.71. The summed E-state index contributed by atoms with van der Waals surface area (Å²) in [5.74, 6) is 0.335.